The molecular weight excluding hydrogens is 132 g/mol. The SMILES string of the molecule is NC(=O)O[C@@H]1CC[C@@H](N)C1. The van der Waals surface area contributed by atoms with Crippen molar-refractivity contribution in [2.24, 2.45) is 11.5 Å². The van der Waals surface area contributed by atoms with Crippen LogP contribution in [-0.4, -0.2) is 18.2 Å². The molecule has 0 spiro atoms. The molecule has 4 N–H and O–H groups in total. The molecule has 0 aromatic carbocycles. The predicted octanol–water partition coefficient (Wildman–Crippen LogP) is -0.0385. The lowest BCUT2D eigenvalue weighted by Crippen LogP contribution is -2.22. The number of nitrogens with two attached hydrogens (primary N) is 2. The fraction of sp³-hybridized carbons (Fsp3) is 0.833. The maximum Gasteiger partial charge on any atom is 0.404 e. The minimum Gasteiger partial charge on any atom is -0.446 e. The van der Waals surface area contributed by atoms with E-state index >= 15 is 0 Å². The molecule has 0 unspecified atom stereocenters. The average Bonchev–Trinajstić information content (AvgIpc) is 2.13. The minimum absolute atomic E-state index is 0.0347. The van der Waals surface area contributed by atoms with Crippen molar-refractivity contribution in [3.8, 4) is 0 Å². The van der Waals surface area contributed by atoms with E-state index in [1.54, 1.807) is 0 Å². The maximum absolute atomic E-state index is 10.2. The predicted molar refractivity (Wildman–Crippen MR) is 36.3 cm³/mol. The highest BCUT2D eigenvalue weighted by atomic mass is 16.6. The van der Waals surface area contributed by atoms with Crippen molar-refractivity contribution >= 4 is 6.09 Å². The maximum atomic E-state index is 10.2. The summed E-state index contributed by atoms with van der Waals surface area (Å²) in [6.07, 6.45) is 1.80. The zero-order valence-electron chi connectivity index (χ0n) is 5.75. The van der Waals surface area contributed by atoms with Crippen LogP contribution in [0.2, 0.25) is 0 Å². The normalized spacial score (nSPS) is 32.1. The Morgan fingerprint density at radius 2 is 2.20 bits per heavy atom. The zero-order valence-corrected chi connectivity index (χ0v) is 5.75. The Morgan fingerprint density at radius 1 is 1.50 bits per heavy atom. The zero-order chi connectivity index (χ0) is 7.56. The van der Waals surface area contributed by atoms with Crippen LogP contribution in [0.15, 0.2) is 0 Å². The molecule has 1 fully saturated rings. The molecule has 1 aliphatic carbocycles. The van der Waals surface area contributed by atoms with Crippen molar-refractivity contribution in [1.29, 1.82) is 0 Å². The van der Waals surface area contributed by atoms with Crippen molar-refractivity contribution in [3.63, 3.8) is 0 Å². The van der Waals surface area contributed by atoms with Gasteiger partial charge in [0.15, 0.2) is 0 Å². The highest BCUT2D eigenvalue weighted by Crippen LogP contribution is 2.19. The first kappa shape index (κ1) is 7.34. The van der Waals surface area contributed by atoms with Gasteiger partial charge in [0.1, 0.15) is 6.10 Å². The van der Waals surface area contributed by atoms with Gasteiger partial charge in [0, 0.05) is 6.04 Å². The number of hydrogen-bond acceptors (Lipinski definition) is 3. The summed E-state index contributed by atoms with van der Waals surface area (Å²) in [5.74, 6) is 0. The summed E-state index contributed by atoms with van der Waals surface area (Å²) in [5.41, 5.74) is 10.4. The molecule has 1 rings (SSSR count). The first-order valence-corrected chi connectivity index (χ1v) is 3.40. The van der Waals surface area contributed by atoms with Gasteiger partial charge in [-0.25, -0.2) is 4.79 Å². The summed E-state index contributed by atoms with van der Waals surface area (Å²) in [6, 6.07) is 0.185. The molecule has 0 aliphatic heterocycles. The van der Waals surface area contributed by atoms with Crippen LogP contribution in [-0.2, 0) is 4.74 Å². The van der Waals surface area contributed by atoms with Gasteiger partial charge in [-0.2, -0.15) is 0 Å². The molecule has 0 aromatic heterocycles. The first-order chi connectivity index (χ1) is 4.68. The Hall–Kier alpha value is -0.770. The van der Waals surface area contributed by atoms with Gasteiger partial charge >= 0.3 is 6.09 Å². The Bertz CT molecular complexity index is 138. The van der Waals surface area contributed by atoms with Crippen molar-refractivity contribution in [2.75, 3.05) is 0 Å². The molecule has 4 heteroatoms. The summed E-state index contributed by atoms with van der Waals surface area (Å²) < 4.78 is 4.74. The number of amides is 1. The van der Waals surface area contributed by atoms with Crippen molar-refractivity contribution in [3.05, 3.63) is 0 Å². The largest absolute Gasteiger partial charge is 0.446 e. The summed E-state index contributed by atoms with van der Waals surface area (Å²) in [7, 11) is 0. The summed E-state index contributed by atoms with van der Waals surface area (Å²) >= 11 is 0. The van der Waals surface area contributed by atoms with Crippen molar-refractivity contribution < 1.29 is 9.53 Å². The van der Waals surface area contributed by atoms with Crippen molar-refractivity contribution in [1.82, 2.24) is 0 Å². The van der Waals surface area contributed by atoms with Gasteiger partial charge in [-0.05, 0) is 19.3 Å². The first-order valence-electron chi connectivity index (χ1n) is 3.40. The lowest BCUT2D eigenvalue weighted by molar-refractivity contribution is 0.109. The average molecular weight is 144 g/mol. The summed E-state index contributed by atoms with van der Waals surface area (Å²) in [5, 5.41) is 0. The third-order valence-electron chi connectivity index (χ3n) is 1.71. The van der Waals surface area contributed by atoms with E-state index in [0.29, 0.717) is 0 Å². The molecule has 1 amide bonds. The van der Waals surface area contributed by atoms with Crippen LogP contribution in [0.4, 0.5) is 4.79 Å². The van der Waals surface area contributed by atoms with Crippen LogP contribution in [0.25, 0.3) is 0 Å². The van der Waals surface area contributed by atoms with Crippen LogP contribution in [0.3, 0.4) is 0 Å². The molecule has 10 heavy (non-hydrogen) atoms. The Balaban J connectivity index is 2.24. The van der Waals surface area contributed by atoms with Crippen LogP contribution < -0.4 is 11.5 Å². The van der Waals surface area contributed by atoms with Crippen molar-refractivity contribution in [2.45, 2.75) is 31.4 Å². The molecule has 0 bridgehead atoms. The number of rotatable bonds is 1. The lowest BCUT2D eigenvalue weighted by Gasteiger charge is -2.07. The van der Waals surface area contributed by atoms with E-state index in [-0.39, 0.29) is 12.1 Å². The minimum atomic E-state index is -0.695. The molecule has 4 nitrogen and oxygen atoms in total. The number of primary amides is 1. The van der Waals surface area contributed by atoms with Gasteiger partial charge in [-0.15, -0.1) is 0 Å². The van der Waals surface area contributed by atoms with Gasteiger partial charge in [-0.3, -0.25) is 0 Å². The second kappa shape index (κ2) is 2.88. The Morgan fingerprint density at radius 3 is 2.60 bits per heavy atom. The standard InChI is InChI=1S/C6H12N2O2/c7-4-1-2-5(3-4)10-6(8)9/h4-5H,1-3,7H2,(H2,8,9)/t4-,5-/m1/s1. The molecule has 58 valence electrons. The van der Waals surface area contributed by atoms with E-state index in [9.17, 15) is 4.79 Å². The molecule has 1 saturated carbocycles. The third-order valence-corrected chi connectivity index (χ3v) is 1.71. The summed E-state index contributed by atoms with van der Waals surface area (Å²) in [4.78, 5) is 10.2. The monoisotopic (exact) mass is 144 g/mol. The highest BCUT2D eigenvalue weighted by Gasteiger charge is 2.23. The van der Waals surface area contributed by atoms with Crippen LogP contribution in [0, 0.1) is 0 Å². The molecule has 0 saturated heterocycles. The van der Waals surface area contributed by atoms with E-state index < -0.39 is 6.09 Å². The van der Waals surface area contributed by atoms with E-state index in [1.807, 2.05) is 0 Å². The van der Waals surface area contributed by atoms with Gasteiger partial charge in [-0.1, -0.05) is 0 Å². The number of carbonyl (C=O) groups is 1. The lowest BCUT2D eigenvalue weighted by atomic mass is 10.3. The molecule has 0 radical (unpaired) electrons. The van der Waals surface area contributed by atoms with E-state index in [1.165, 1.54) is 0 Å². The van der Waals surface area contributed by atoms with Gasteiger partial charge in [0.25, 0.3) is 0 Å². The summed E-state index contributed by atoms with van der Waals surface area (Å²) in [6.45, 7) is 0. The third kappa shape index (κ3) is 1.88. The van der Waals surface area contributed by atoms with Gasteiger partial charge in [0.2, 0.25) is 0 Å². The smallest absolute Gasteiger partial charge is 0.404 e. The highest BCUT2D eigenvalue weighted by molar-refractivity contribution is 5.64. The van der Waals surface area contributed by atoms with E-state index in [0.717, 1.165) is 19.3 Å². The van der Waals surface area contributed by atoms with Gasteiger partial charge < -0.3 is 16.2 Å². The van der Waals surface area contributed by atoms with Crippen LogP contribution >= 0.6 is 0 Å². The molecular formula is C6H12N2O2. The number of hydrogen-bond donors (Lipinski definition) is 2. The second-order valence-corrected chi connectivity index (χ2v) is 2.63. The quantitative estimate of drug-likeness (QED) is 0.542. The number of ether oxygens (including phenoxy) is 1. The molecule has 0 heterocycles. The molecule has 0 aromatic rings. The van der Waals surface area contributed by atoms with Crippen LogP contribution in [0.5, 0.6) is 0 Å². The second-order valence-electron chi connectivity index (χ2n) is 2.63. The topological polar surface area (TPSA) is 78.3 Å². The van der Waals surface area contributed by atoms with Gasteiger partial charge in [0.05, 0.1) is 0 Å². The molecule has 1 aliphatic rings. The fourth-order valence-corrected chi connectivity index (χ4v) is 1.24. The van der Waals surface area contributed by atoms with E-state index in [4.69, 9.17) is 16.2 Å². The Labute approximate surface area is 59.5 Å². The van der Waals surface area contributed by atoms with E-state index in [2.05, 4.69) is 0 Å². The molecule has 2 atom stereocenters. The fourth-order valence-electron chi connectivity index (χ4n) is 1.24. The Kier molecular flexibility index (Phi) is 2.11. The number of carbonyl (C=O) groups excluding carboxylic acids is 1. The van der Waals surface area contributed by atoms with Crippen LogP contribution in [0.1, 0.15) is 19.3 Å².